The number of nitrogens with zero attached hydrogens (tertiary/aromatic N) is 1. The molecule has 1 saturated heterocycles. The molecule has 2 fully saturated rings. The number of aromatic amines is 1. The topological polar surface area (TPSA) is 65.2 Å². The van der Waals surface area contributed by atoms with Gasteiger partial charge in [-0.1, -0.05) is 39.0 Å². The van der Waals surface area contributed by atoms with Crippen LogP contribution in [0, 0.1) is 10.8 Å². The molecule has 5 heteroatoms. The molecule has 2 aliphatic rings. The van der Waals surface area contributed by atoms with Crippen LogP contribution in [-0.4, -0.2) is 40.8 Å². The van der Waals surface area contributed by atoms with Crippen LogP contribution in [0.2, 0.25) is 0 Å². The third-order valence-electron chi connectivity index (χ3n) is 6.22. The molecule has 2 amide bonds. The first kappa shape index (κ1) is 18.1. The summed E-state index contributed by atoms with van der Waals surface area (Å²) >= 11 is 0. The first-order valence-electron chi connectivity index (χ1n) is 9.90. The van der Waals surface area contributed by atoms with Crippen molar-refractivity contribution in [3.05, 3.63) is 36.0 Å². The number of aromatic nitrogens is 1. The smallest absolute Gasteiger partial charge is 0.312 e. The lowest BCUT2D eigenvalue weighted by Crippen LogP contribution is -2.46. The van der Waals surface area contributed by atoms with Crippen LogP contribution < -0.4 is 5.32 Å². The van der Waals surface area contributed by atoms with Gasteiger partial charge in [-0.3, -0.25) is 9.59 Å². The van der Waals surface area contributed by atoms with Gasteiger partial charge >= 0.3 is 11.8 Å². The molecule has 5 nitrogen and oxygen atoms in total. The summed E-state index contributed by atoms with van der Waals surface area (Å²) in [6.45, 7) is 7.96. The maximum Gasteiger partial charge on any atom is 0.312 e. The number of H-pyrrole nitrogens is 1. The molecule has 2 atom stereocenters. The highest BCUT2D eigenvalue weighted by Gasteiger charge is 2.51. The molecular formula is C22H29N3O2. The number of likely N-dealkylation sites (tertiary alicyclic amines) is 1. The monoisotopic (exact) mass is 367 g/mol. The summed E-state index contributed by atoms with van der Waals surface area (Å²) in [4.78, 5) is 30.3. The summed E-state index contributed by atoms with van der Waals surface area (Å²) in [5, 5.41) is 4.00. The lowest BCUT2D eigenvalue weighted by atomic mass is 9.65. The number of hydrogen-bond acceptors (Lipinski definition) is 2. The number of amides is 2. The van der Waals surface area contributed by atoms with E-state index in [1.54, 1.807) is 0 Å². The van der Waals surface area contributed by atoms with Crippen LogP contribution in [0.25, 0.3) is 10.9 Å². The Balaban J connectivity index is 1.35. The van der Waals surface area contributed by atoms with Crippen LogP contribution in [0.15, 0.2) is 30.5 Å². The molecule has 2 N–H and O–H groups in total. The second kappa shape index (κ2) is 6.39. The molecule has 2 bridgehead atoms. The maximum atomic E-state index is 12.8. The van der Waals surface area contributed by atoms with E-state index in [0.29, 0.717) is 19.5 Å². The van der Waals surface area contributed by atoms with E-state index in [1.807, 2.05) is 29.3 Å². The van der Waals surface area contributed by atoms with Crippen molar-refractivity contribution in [1.82, 2.24) is 15.2 Å². The number of carbonyl (C=O) groups is 2. The van der Waals surface area contributed by atoms with Crippen LogP contribution in [0.3, 0.4) is 0 Å². The van der Waals surface area contributed by atoms with E-state index in [1.165, 1.54) is 5.39 Å². The van der Waals surface area contributed by atoms with E-state index in [-0.39, 0.29) is 22.8 Å². The van der Waals surface area contributed by atoms with Crippen molar-refractivity contribution in [3.8, 4) is 0 Å². The van der Waals surface area contributed by atoms with Gasteiger partial charge in [-0.05, 0) is 48.1 Å². The van der Waals surface area contributed by atoms with Gasteiger partial charge in [0.15, 0.2) is 0 Å². The highest BCUT2D eigenvalue weighted by molar-refractivity contribution is 6.35. The van der Waals surface area contributed by atoms with E-state index in [9.17, 15) is 9.59 Å². The van der Waals surface area contributed by atoms with Crippen LogP contribution in [0.4, 0.5) is 0 Å². The minimum Gasteiger partial charge on any atom is -0.361 e. The SMILES string of the molecule is CC1(C)CC2CC(C)(CN2C(=O)C(=O)NCCc2c[nH]c3ccccc23)C1. The van der Waals surface area contributed by atoms with Gasteiger partial charge in [-0.15, -0.1) is 0 Å². The van der Waals surface area contributed by atoms with E-state index < -0.39 is 5.91 Å². The Morgan fingerprint density at radius 3 is 2.81 bits per heavy atom. The molecule has 1 aliphatic carbocycles. The highest BCUT2D eigenvalue weighted by atomic mass is 16.2. The van der Waals surface area contributed by atoms with Gasteiger partial charge in [0.25, 0.3) is 0 Å². The standard InChI is InChI=1S/C22H29N3O2/c1-21(2)10-16-11-22(3,13-21)14-25(16)20(27)19(26)23-9-8-15-12-24-18-7-5-4-6-17(15)18/h4-7,12,16,24H,8-11,13-14H2,1-3H3,(H,23,26). The lowest BCUT2D eigenvalue weighted by Gasteiger charge is -2.39. The molecule has 0 radical (unpaired) electrons. The molecule has 1 saturated carbocycles. The Hall–Kier alpha value is -2.30. The normalized spacial score (nSPS) is 26.3. The Kier molecular flexibility index (Phi) is 4.28. The summed E-state index contributed by atoms with van der Waals surface area (Å²) < 4.78 is 0. The summed E-state index contributed by atoms with van der Waals surface area (Å²) in [6, 6.07) is 8.31. The number of fused-ring (bicyclic) bond motifs is 3. The minimum absolute atomic E-state index is 0.145. The number of carbonyl (C=O) groups excluding carboxylic acids is 2. The molecule has 0 spiro atoms. The van der Waals surface area contributed by atoms with Crippen molar-refractivity contribution >= 4 is 22.7 Å². The van der Waals surface area contributed by atoms with Crippen LogP contribution in [0.1, 0.15) is 45.6 Å². The van der Waals surface area contributed by atoms with E-state index in [4.69, 9.17) is 0 Å². The molecule has 2 heterocycles. The number of hydrogen-bond donors (Lipinski definition) is 2. The predicted octanol–water partition coefficient (Wildman–Crippen LogP) is 3.25. The van der Waals surface area contributed by atoms with Crippen molar-refractivity contribution in [2.45, 2.75) is 52.5 Å². The number of rotatable bonds is 3. The largest absolute Gasteiger partial charge is 0.361 e. The van der Waals surface area contributed by atoms with Gasteiger partial charge in [0.2, 0.25) is 0 Å². The zero-order valence-corrected chi connectivity index (χ0v) is 16.5. The Morgan fingerprint density at radius 1 is 1.22 bits per heavy atom. The van der Waals surface area contributed by atoms with Crippen molar-refractivity contribution in [3.63, 3.8) is 0 Å². The van der Waals surface area contributed by atoms with E-state index >= 15 is 0 Å². The summed E-state index contributed by atoms with van der Waals surface area (Å²) in [6.07, 6.45) is 5.80. The van der Waals surface area contributed by atoms with Gasteiger partial charge < -0.3 is 15.2 Å². The molecule has 4 rings (SSSR count). The first-order chi connectivity index (χ1) is 12.8. The van der Waals surface area contributed by atoms with Gasteiger partial charge in [0.1, 0.15) is 0 Å². The van der Waals surface area contributed by atoms with Crippen molar-refractivity contribution < 1.29 is 9.59 Å². The fourth-order valence-corrected chi connectivity index (χ4v) is 5.55. The molecule has 2 aromatic rings. The second-order valence-corrected chi connectivity index (χ2v) is 9.51. The number of para-hydroxylation sites is 1. The third-order valence-corrected chi connectivity index (χ3v) is 6.22. The summed E-state index contributed by atoms with van der Waals surface area (Å²) in [5.74, 6) is -0.829. The molecule has 144 valence electrons. The van der Waals surface area contributed by atoms with Crippen molar-refractivity contribution in [2.24, 2.45) is 10.8 Å². The zero-order valence-electron chi connectivity index (χ0n) is 16.5. The fourth-order valence-electron chi connectivity index (χ4n) is 5.55. The van der Waals surface area contributed by atoms with Gasteiger partial charge in [-0.2, -0.15) is 0 Å². The average molecular weight is 367 g/mol. The van der Waals surface area contributed by atoms with Crippen molar-refractivity contribution in [2.75, 3.05) is 13.1 Å². The summed E-state index contributed by atoms with van der Waals surface area (Å²) in [7, 11) is 0. The molecule has 2 unspecified atom stereocenters. The Morgan fingerprint density at radius 2 is 2.00 bits per heavy atom. The third kappa shape index (κ3) is 3.47. The minimum atomic E-state index is -0.469. The lowest BCUT2D eigenvalue weighted by molar-refractivity contribution is -0.146. The summed E-state index contributed by atoms with van der Waals surface area (Å²) in [5.41, 5.74) is 2.63. The van der Waals surface area contributed by atoms with Crippen LogP contribution >= 0.6 is 0 Å². The molecular weight excluding hydrogens is 338 g/mol. The molecule has 1 aliphatic heterocycles. The predicted molar refractivity (Wildman–Crippen MR) is 106 cm³/mol. The Labute approximate surface area is 160 Å². The van der Waals surface area contributed by atoms with E-state index in [0.717, 1.165) is 30.3 Å². The zero-order chi connectivity index (χ0) is 19.2. The van der Waals surface area contributed by atoms with Gasteiger partial charge in [-0.25, -0.2) is 0 Å². The van der Waals surface area contributed by atoms with Crippen LogP contribution in [-0.2, 0) is 16.0 Å². The molecule has 27 heavy (non-hydrogen) atoms. The maximum absolute atomic E-state index is 12.8. The highest BCUT2D eigenvalue weighted by Crippen LogP contribution is 2.52. The molecule has 1 aromatic heterocycles. The molecule has 1 aromatic carbocycles. The van der Waals surface area contributed by atoms with Gasteiger partial charge in [0.05, 0.1) is 0 Å². The van der Waals surface area contributed by atoms with Gasteiger partial charge in [0, 0.05) is 36.2 Å². The van der Waals surface area contributed by atoms with Crippen LogP contribution in [0.5, 0.6) is 0 Å². The number of benzene rings is 1. The Bertz CT molecular complexity index is 885. The fraction of sp³-hybridized carbons (Fsp3) is 0.545. The quantitative estimate of drug-likeness (QED) is 0.818. The van der Waals surface area contributed by atoms with E-state index in [2.05, 4.69) is 37.1 Å². The first-order valence-corrected chi connectivity index (χ1v) is 9.90. The average Bonchev–Trinajstić information content (AvgIpc) is 3.11. The second-order valence-electron chi connectivity index (χ2n) is 9.51. The van der Waals surface area contributed by atoms with Crippen molar-refractivity contribution in [1.29, 1.82) is 0 Å². The number of nitrogens with one attached hydrogen (secondary N) is 2.